The minimum absolute atomic E-state index is 0.0622. The summed E-state index contributed by atoms with van der Waals surface area (Å²) in [5.74, 6) is 1.55. The predicted molar refractivity (Wildman–Crippen MR) is 90.6 cm³/mol. The fourth-order valence-corrected chi connectivity index (χ4v) is 4.13. The number of carbonyl (C=O) groups excluding carboxylic acids is 1. The lowest BCUT2D eigenvalue weighted by atomic mass is 10.0. The number of nitrogens with one attached hydrogen (secondary N) is 1. The van der Waals surface area contributed by atoms with Crippen LogP contribution >= 0.6 is 0 Å². The molecular formula is C19H22N2O2. The summed E-state index contributed by atoms with van der Waals surface area (Å²) in [5.41, 5.74) is 1.04. The van der Waals surface area contributed by atoms with Gasteiger partial charge in [0.15, 0.2) is 0 Å². The monoisotopic (exact) mass is 310 g/mol. The van der Waals surface area contributed by atoms with Gasteiger partial charge in [0.2, 0.25) is 0 Å². The molecule has 2 atom stereocenters. The van der Waals surface area contributed by atoms with Crippen molar-refractivity contribution < 1.29 is 9.53 Å². The standard InChI is InChI=1S/C19H22N2O2/c1-23-18-9-7-14-4-2-3-5-16(14)17(18)11-20-19(22)21-12-13-6-8-15(21)10-13/h2-5,7,9,13,15H,6,8,10-12H2,1H3,(H,20,22)/t13-,15-/m0/s1. The van der Waals surface area contributed by atoms with E-state index in [4.69, 9.17) is 4.74 Å². The number of fused-ring (bicyclic) bond motifs is 3. The van der Waals surface area contributed by atoms with Crippen LogP contribution in [0.3, 0.4) is 0 Å². The fraction of sp³-hybridized carbons (Fsp3) is 0.421. The van der Waals surface area contributed by atoms with Crippen molar-refractivity contribution in [2.75, 3.05) is 13.7 Å². The summed E-state index contributed by atoms with van der Waals surface area (Å²) in [5, 5.41) is 5.40. The number of hydrogen-bond acceptors (Lipinski definition) is 2. The first-order chi connectivity index (χ1) is 11.3. The molecule has 2 aliphatic rings. The highest BCUT2D eigenvalue weighted by Gasteiger charge is 2.40. The number of nitrogens with zero attached hydrogens (tertiary/aromatic N) is 1. The lowest BCUT2D eigenvalue weighted by Crippen LogP contribution is -2.44. The average molecular weight is 310 g/mol. The van der Waals surface area contributed by atoms with E-state index >= 15 is 0 Å². The van der Waals surface area contributed by atoms with Gasteiger partial charge in [0, 0.05) is 24.7 Å². The normalized spacial score (nSPS) is 22.6. The van der Waals surface area contributed by atoms with Crippen molar-refractivity contribution >= 4 is 16.8 Å². The molecule has 2 fully saturated rings. The van der Waals surface area contributed by atoms with Gasteiger partial charge in [-0.15, -0.1) is 0 Å². The van der Waals surface area contributed by atoms with Crippen LogP contribution in [0.25, 0.3) is 10.8 Å². The summed E-state index contributed by atoms with van der Waals surface area (Å²) >= 11 is 0. The second-order valence-corrected chi connectivity index (χ2v) is 6.61. The number of likely N-dealkylation sites (tertiary alicyclic amines) is 1. The van der Waals surface area contributed by atoms with Crippen LogP contribution in [0.4, 0.5) is 4.79 Å². The molecular weight excluding hydrogens is 288 g/mol. The molecule has 4 rings (SSSR count). The Bertz CT molecular complexity index is 743. The Hall–Kier alpha value is -2.23. The van der Waals surface area contributed by atoms with Crippen LogP contribution in [0.2, 0.25) is 0 Å². The number of benzene rings is 2. The zero-order valence-electron chi connectivity index (χ0n) is 13.4. The molecule has 2 amide bonds. The lowest BCUT2D eigenvalue weighted by Gasteiger charge is -2.27. The topological polar surface area (TPSA) is 41.6 Å². The molecule has 1 heterocycles. The molecule has 1 aliphatic heterocycles. The minimum Gasteiger partial charge on any atom is -0.496 e. The van der Waals surface area contributed by atoms with Gasteiger partial charge in [-0.2, -0.15) is 0 Å². The van der Waals surface area contributed by atoms with Gasteiger partial charge < -0.3 is 15.0 Å². The number of ether oxygens (including phenoxy) is 1. The minimum atomic E-state index is 0.0622. The molecule has 23 heavy (non-hydrogen) atoms. The van der Waals surface area contributed by atoms with Gasteiger partial charge in [0.1, 0.15) is 5.75 Å². The van der Waals surface area contributed by atoms with E-state index < -0.39 is 0 Å². The van der Waals surface area contributed by atoms with E-state index in [0.717, 1.165) is 41.0 Å². The molecule has 2 bridgehead atoms. The molecule has 4 nitrogen and oxygen atoms in total. The number of rotatable bonds is 3. The van der Waals surface area contributed by atoms with Crippen LogP contribution < -0.4 is 10.1 Å². The Morgan fingerprint density at radius 2 is 2.13 bits per heavy atom. The number of piperidine rings is 1. The highest BCUT2D eigenvalue weighted by molar-refractivity contribution is 5.88. The van der Waals surface area contributed by atoms with Gasteiger partial charge in [-0.25, -0.2) is 4.79 Å². The smallest absolute Gasteiger partial charge is 0.317 e. The lowest BCUT2D eigenvalue weighted by molar-refractivity contribution is 0.180. The van der Waals surface area contributed by atoms with E-state index in [9.17, 15) is 4.79 Å². The maximum absolute atomic E-state index is 12.5. The van der Waals surface area contributed by atoms with E-state index in [2.05, 4.69) is 23.5 Å². The largest absolute Gasteiger partial charge is 0.496 e. The SMILES string of the molecule is COc1ccc2ccccc2c1CNC(=O)N1C[C@H]2CC[C@H]1C2. The third kappa shape index (κ3) is 2.52. The van der Waals surface area contributed by atoms with Gasteiger partial charge in [0.25, 0.3) is 0 Å². The molecule has 2 aromatic rings. The van der Waals surface area contributed by atoms with Gasteiger partial charge in [-0.3, -0.25) is 0 Å². The van der Waals surface area contributed by atoms with E-state index in [1.54, 1.807) is 7.11 Å². The number of amides is 2. The third-order valence-corrected chi connectivity index (χ3v) is 5.30. The number of carbonyl (C=O) groups is 1. The van der Waals surface area contributed by atoms with Gasteiger partial charge in [-0.05, 0) is 42.0 Å². The first-order valence-electron chi connectivity index (χ1n) is 8.35. The van der Waals surface area contributed by atoms with Crippen molar-refractivity contribution in [2.24, 2.45) is 5.92 Å². The first kappa shape index (κ1) is 14.4. The summed E-state index contributed by atoms with van der Waals surface area (Å²) in [6, 6.07) is 12.8. The molecule has 120 valence electrons. The summed E-state index contributed by atoms with van der Waals surface area (Å²) in [4.78, 5) is 14.5. The van der Waals surface area contributed by atoms with E-state index in [1.807, 2.05) is 23.1 Å². The first-order valence-corrected chi connectivity index (χ1v) is 8.35. The van der Waals surface area contributed by atoms with E-state index in [1.165, 1.54) is 12.8 Å². The summed E-state index contributed by atoms with van der Waals surface area (Å²) in [7, 11) is 1.68. The van der Waals surface area contributed by atoms with Crippen molar-refractivity contribution in [1.29, 1.82) is 0 Å². The Labute approximate surface area is 136 Å². The highest BCUT2D eigenvalue weighted by Crippen LogP contribution is 2.37. The molecule has 1 saturated carbocycles. The van der Waals surface area contributed by atoms with Crippen LogP contribution in [0, 0.1) is 5.92 Å². The Balaban J connectivity index is 1.54. The molecule has 0 aromatic heterocycles. The van der Waals surface area contributed by atoms with Gasteiger partial charge in [-0.1, -0.05) is 30.3 Å². The number of methoxy groups -OCH3 is 1. The molecule has 1 N–H and O–H groups in total. The van der Waals surface area contributed by atoms with Crippen molar-refractivity contribution in [3.05, 3.63) is 42.0 Å². The molecule has 4 heteroatoms. The molecule has 2 aromatic carbocycles. The van der Waals surface area contributed by atoms with Crippen molar-refractivity contribution in [2.45, 2.75) is 31.8 Å². The van der Waals surface area contributed by atoms with Gasteiger partial charge in [0.05, 0.1) is 7.11 Å². The van der Waals surface area contributed by atoms with Gasteiger partial charge >= 0.3 is 6.03 Å². The molecule has 1 saturated heterocycles. The van der Waals surface area contributed by atoms with E-state index in [-0.39, 0.29) is 6.03 Å². The van der Waals surface area contributed by atoms with E-state index in [0.29, 0.717) is 12.6 Å². The van der Waals surface area contributed by atoms with Crippen LogP contribution in [0.1, 0.15) is 24.8 Å². The Morgan fingerprint density at radius 3 is 2.87 bits per heavy atom. The highest BCUT2D eigenvalue weighted by atomic mass is 16.5. The van der Waals surface area contributed by atoms with Crippen molar-refractivity contribution in [1.82, 2.24) is 10.2 Å². The zero-order valence-corrected chi connectivity index (χ0v) is 13.4. The number of hydrogen-bond donors (Lipinski definition) is 1. The van der Waals surface area contributed by atoms with Crippen LogP contribution in [-0.2, 0) is 6.54 Å². The average Bonchev–Trinajstić information content (AvgIpc) is 3.22. The quantitative estimate of drug-likeness (QED) is 0.942. The number of urea groups is 1. The summed E-state index contributed by atoms with van der Waals surface area (Å²) in [6.45, 7) is 1.42. The molecule has 0 unspecified atom stereocenters. The summed E-state index contributed by atoms with van der Waals surface area (Å²) < 4.78 is 5.50. The molecule has 1 aliphatic carbocycles. The maximum Gasteiger partial charge on any atom is 0.317 e. The van der Waals surface area contributed by atoms with Crippen molar-refractivity contribution in [3.8, 4) is 5.75 Å². The zero-order chi connectivity index (χ0) is 15.8. The second-order valence-electron chi connectivity index (χ2n) is 6.61. The molecule has 0 spiro atoms. The molecule has 0 radical (unpaired) electrons. The maximum atomic E-state index is 12.5. The second kappa shape index (κ2) is 5.76. The fourth-order valence-electron chi connectivity index (χ4n) is 4.13. The predicted octanol–water partition coefficient (Wildman–Crippen LogP) is 3.54. The van der Waals surface area contributed by atoms with Crippen LogP contribution in [0.5, 0.6) is 5.75 Å². The van der Waals surface area contributed by atoms with Crippen LogP contribution in [-0.4, -0.2) is 30.6 Å². The van der Waals surface area contributed by atoms with Crippen LogP contribution in [0.15, 0.2) is 36.4 Å². The Kier molecular flexibility index (Phi) is 3.60. The Morgan fingerprint density at radius 1 is 1.26 bits per heavy atom. The third-order valence-electron chi connectivity index (χ3n) is 5.30. The summed E-state index contributed by atoms with van der Waals surface area (Å²) in [6.07, 6.45) is 3.63. The van der Waals surface area contributed by atoms with Crippen molar-refractivity contribution in [3.63, 3.8) is 0 Å².